The van der Waals surface area contributed by atoms with Gasteiger partial charge in [0.2, 0.25) is 0 Å². The van der Waals surface area contributed by atoms with E-state index in [-0.39, 0.29) is 0 Å². The molecule has 1 fully saturated rings. The van der Waals surface area contributed by atoms with Crippen LogP contribution in [0.4, 0.5) is 0 Å². The average molecular weight is 240 g/mol. The molecule has 15 heavy (non-hydrogen) atoms. The SMILES string of the molecule is CCC(SC1CCCCC1)c1cccs1. The van der Waals surface area contributed by atoms with Crippen molar-refractivity contribution in [2.24, 2.45) is 0 Å². The van der Waals surface area contributed by atoms with Crippen molar-refractivity contribution < 1.29 is 0 Å². The summed E-state index contributed by atoms with van der Waals surface area (Å²) in [6, 6.07) is 4.48. The van der Waals surface area contributed by atoms with Gasteiger partial charge in [0.1, 0.15) is 0 Å². The Labute approximate surface area is 101 Å². The molecule has 0 nitrogen and oxygen atoms in total. The summed E-state index contributed by atoms with van der Waals surface area (Å²) >= 11 is 4.16. The second-order valence-electron chi connectivity index (χ2n) is 4.31. The van der Waals surface area contributed by atoms with Crippen molar-refractivity contribution in [3.63, 3.8) is 0 Å². The second-order valence-corrected chi connectivity index (χ2v) is 6.80. The molecule has 1 saturated carbocycles. The van der Waals surface area contributed by atoms with Crippen LogP contribution in [0.2, 0.25) is 0 Å². The van der Waals surface area contributed by atoms with Gasteiger partial charge in [-0.25, -0.2) is 0 Å². The molecule has 1 atom stereocenters. The predicted octanol–water partition coefficient (Wildman–Crippen LogP) is 5.27. The molecule has 1 aliphatic carbocycles. The van der Waals surface area contributed by atoms with Crippen molar-refractivity contribution >= 4 is 23.1 Å². The van der Waals surface area contributed by atoms with Gasteiger partial charge in [-0.2, -0.15) is 0 Å². The Balaban J connectivity index is 1.90. The maximum atomic E-state index is 2.32. The average Bonchev–Trinajstić information content (AvgIpc) is 2.81. The third-order valence-corrected chi connectivity index (χ3v) is 6.05. The summed E-state index contributed by atoms with van der Waals surface area (Å²) in [5.74, 6) is 0. The van der Waals surface area contributed by atoms with Crippen molar-refractivity contribution in [3.05, 3.63) is 22.4 Å². The van der Waals surface area contributed by atoms with Gasteiger partial charge in [0.05, 0.1) is 0 Å². The first-order valence-electron chi connectivity index (χ1n) is 6.09. The van der Waals surface area contributed by atoms with E-state index in [1.807, 2.05) is 11.3 Å². The summed E-state index contributed by atoms with van der Waals surface area (Å²) in [6.07, 6.45) is 8.56. The molecule has 1 aliphatic rings. The zero-order valence-electron chi connectivity index (χ0n) is 9.45. The maximum Gasteiger partial charge on any atom is 0.0391 e. The van der Waals surface area contributed by atoms with E-state index in [2.05, 4.69) is 36.2 Å². The van der Waals surface area contributed by atoms with Crippen molar-refractivity contribution in [2.75, 3.05) is 0 Å². The first-order valence-corrected chi connectivity index (χ1v) is 7.91. The Morgan fingerprint density at radius 1 is 1.40 bits per heavy atom. The van der Waals surface area contributed by atoms with Gasteiger partial charge in [0, 0.05) is 15.4 Å². The molecule has 0 spiro atoms. The van der Waals surface area contributed by atoms with Crippen LogP contribution in [-0.2, 0) is 0 Å². The van der Waals surface area contributed by atoms with Crippen LogP contribution in [0.5, 0.6) is 0 Å². The molecule has 1 heterocycles. The van der Waals surface area contributed by atoms with Gasteiger partial charge in [-0.05, 0) is 30.7 Å². The van der Waals surface area contributed by atoms with E-state index in [4.69, 9.17) is 0 Å². The molecule has 1 aromatic heterocycles. The highest BCUT2D eigenvalue weighted by Crippen LogP contribution is 2.41. The van der Waals surface area contributed by atoms with Crippen LogP contribution in [0.1, 0.15) is 55.6 Å². The van der Waals surface area contributed by atoms with Crippen molar-refractivity contribution in [2.45, 2.75) is 55.9 Å². The topological polar surface area (TPSA) is 0 Å². The van der Waals surface area contributed by atoms with Gasteiger partial charge < -0.3 is 0 Å². The van der Waals surface area contributed by atoms with E-state index in [1.165, 1.54) is 38.5 Å². The fraction of sp³-hybridized carbons (Fsp3) is 0.692. The van der Waals surface area contributed by atoms with E-state index in [0.717, 1.165) is 10.5 Å². The molecule has 2 heteroatoms. The van der Waals surface area contributed by atoms with Crippen molar-refractivity contribution in [3.8, 4) is 0 Å². The summed E-state index contributed by atoms with van der Waals surface area (Å²) in [5.41, 5.74) is 0. The number of hydrogen-bond donors (Lipinski definition) is 0. The van der Waals surface area contributed by atoms with Gasteiger partial charge >= 0.3 is 0 Å². The lowest BCUT2D eigenvalue weighted by atomic mass is 10.0. The first kappa shape index (κ1) is 11.5. The van der Waals surface area contributed by atoms with Crippen molar-refractivity contribution in [1.82, 2.24) is 0 Å². The monoisotopic (exact) mass is 240 g/mol. The van der Waals surface area contributed by atoms with E-state index < -0.39 is 0 Å². The minimum atomic E-state index is 0.757. The van der Waals surface area contributed by atoms with Crippen LogP contribution in [0.25, 0.3) is 0 Å². The molecule has 84 valence electrons. The Hall–Kier alpha value is 0.0500. The lowest BCUT2D eigenvalue weighted by Crippen LogP contribution is -2.10. The van der Waals surface area contributed by atoms with Gasteiger partial charge in [-0.15, -0.1) is 23.1 Å². The third-order valence-electron chi connectivity index (χ3n) is 3.14. The van der Waals surface area contributed by atoms with E-state index >= 15 is 0 Å². The van der Waals surface area contributed by atoms with Crippen LogP contribution >= 0.6 is 23.1 Å². The molecule has 0 aliphatic heterocycles. The van der Waals surface area contributed by atoms with Gasteiger partial charge in [-0.1, -0.05) is 32.3 Å². The highest BCUT2D eigenvalue weighted by atomic mass is 32.2. The smallest absolute Gasteiger partial charge is 0.0391 e. The Bertz CT molecular complexity index is 260. The molecular formula is C13H20S2. The highest BCUT2D eigenvalue weighted by molar-refractivity contribution is 8.00. The van der Waals surface area contributed by atoms with Crippen molar-refractivity contribution in [1.29, 1.82) is 0 Å². The highest BCUT2D eigenvalue weighted by Gasteiger charge is 2.19. The molecule has 0 bridgehead atoms. The fourth-order valence-electron chi connectivity index (χ4n) is 2.27. The Morgan fingerprint density at radius 2 is 2.20 bits per heavy atom. The summed E-state index contributed by atoms with van der Waals surface area (Å²) in [5, 5.41) is 3.90. The largest absolute Gasteiger partial charge is 0.150 e. The number of thiophene rings is 1. The van der Waals surface area contributed by atoms with Crippen LogP contribution in [0.3, 0.4) is 0 Å². The lowest BCUT2D eigenvalue weighted by molar-refractivity contribution is 0.514. The number of hydrogen-bond acceptors (Lipinski definition) is 2. The third kappa shape index (κ3) is 3.25. The van der Waals surface area contributed by atoms with Crippen LogP contribution in [0.15, 0.2) is 17.5 Å². The minimum Gasteiger partial charge on any atom is -0.150 e. The number of thioether (sulfide) groups is 1. The van der Waals surface area contributed by atoms with E-state index in [9.17, 15) is 0 Å². The van der Waals surface area contributed by atoms with Crippen LogP contribution in [0, 0.1) is 0 Å². The second kappa shape index (κ2) is 5.95. The number of rotatable bonds is 4. The minimum absolute atomic E-state index is 0.757. The summed E-state index contributed by atoms with van der Waals surface area (Å²) in [4.78, 5) is 1.58. The summed E-state index contributed by atoms with van der Waals surface area (Å²) in [6.45, 7) is 2.32. The normalized spacial score (nSPS) is 20.3. The predicted molar refractivity (Wildman–Crippen MR) is 71.8 cm³/mol. The zero-order valence-corrected chi connectivity index (χ0v) is 11.1. The fourth-order valence-corrected chi connectivity index (χ4v) is 4.87. The molecule has 0 N–H and O–H groups in total. The zero-order chi connectivity index (χ0) is 10.5. The van der Waals surface area contributed by atoms with Gasteiger partial charge in [0.25, 0.3) is 0 Å². The molecule has 0 radical (unpaired) electrons. The van der Waals surface area contributed by atoms with Crippen LogP contribution in [-0.4, -0.2) is 5.25 Å². The molecule has 2 rings (SSSR count). The Kier molecular flexibility index (Phi) is 4.58. The lowest BCUT2D eigenvalue weighted by Gasteiger charge is -2.25. The van der Waals surface area contributed by atoms with Crippen LogP contribution < -0.4 is 0 Å². The van der Waals surface area contributed by atoms with E-state index in [1.54, 1.807) is 4.88 Å². The molecular weight excluding hydrogens is 220 g/mol. The molecule has 1 aromatic rings. The standard InChI is InChI=1S/C13H20S2/c1-2-12(13-9-6-10-14-13)15-11-7-4-3-5-8-11/h6,9-12H,2-5,7-8H2,1H3. The summed E-state index contributed by atoms with van der Waals surface area (Å²) in [7, 11) is 0. The Morgan fingerprint density at radius 3 is 2.80 bits per heavy atom. The quantitative estimate of drug-likeness (QED) is 0.691. The summed E-state index contributed by atoms with van der Waals surface area (Å²) < 4.78 is 0. The molecule has 0 amide bonds. The molecule has 0 saturated heterocycles. The first-order chi connectivity index (χ1) is 7.40. The molecule has 0 aromatic carbocycles. The van der Waals surface area contributed by atoms with E-state index in [0.29, 0.717) is 0 Å². The van der Waals surface area contributed by atoms with Gasteiger partial charge in [0.15, 0.2) is 0 Å². The maximum absolute atomic E-state index is 2.32. The molecule has 1 unspecified atom stereocenters. The van der Waals surface area contributed by atoms with Gasteiger partial charge in [-0.3, -0.25) is 0 Å².